The van der Waals surface area contributed by atoms with Crippen LogP contribution in [-0.4, -0.2) is 36.4 Å². The van der Waals surface area contributed by atoms with Gasteiger partial charge >= 0.3 is 0 Å². The van der Waals surface area contributed by atoms with Crippen LogP contribution in [0.3, 0.4) is 0 Å². The molecule has 1 aliphatic heterocycles. The summed E-state index contributed by atoms with van der Waals surface area (Å²) in [6.45, 7) is 5.38. The maximum absolute atomic E-state index is 12.8. The molecule has 0 atom stereocenters. The molecule has 1 amide bonds. The number of hydrogen-bond donors (Lipinski definition) is 3. The molecule has 0 fully saturated rings. The molecule has 0 aliphatic carbocycles. The van der Waals surface area contributed by atoms with Crippen LogP contribution < -0.4 is 25.4 Å². The molecule has 2 aromatic carbocycles. The maximum Gasteiger partial charge on any atom is 0.271 e. The number of carbonyl (C=O) groups excluding carboxylic acids is 1. The average Bonchev–Trinajstić information content (AvgIpc) is 2.79. The number of benzene rings is 2. The summed E-state index contributed by atoms with van der Waals surface area (Å²) < 4.78 is 28.8. The highest BCUT2D eigenvalue weighted by atomic mass is 32.2. The van der Waals surface area contributed by atoms with E-state index in [1.54, 1.807) is 44.3 Å². The molecule has 0 radical (unpaired) electrons. The fourth-order valence-electron chi connectivity index (χ4n) is 3.52. The standard InChI is InChI=1S/C24H24N6O4S/c1-5-12-30-19-13-17(8-11-20(19)34-24(3,4)22(30)31)27-21-15(2)14-26-23(29-21)28-16-6-9-18(10-7-16)35(25,32)33/h1,6-11,13-14H,12H2,2-4H3,(H2,25,32,33)(H2,26,27,28,29). The number of primary sulfonamides is 1. The predicted octanol–water partition coefficient (Wildman–Crippen LogP) is 3.06. The molecule has 0 spiro atoms. The molecular weight excluding hydrogens is 468 g/mol. The number of nitrogens with two attached hydrogens (primary N) is 1. The lowest BCUT2D eigenvalue weighted by Gasteiger charge is -2.38. The highest BCUT2D eigenvalue weighted by Gasteiger charge is 2.40. The van der Waals surface area contributed by atoms with Crippen LogP contribution in [0.15, 0.2) is 53.6 Å². The number of ether oxygens (including phenoxy) is 1. The number of aromatic nitrogens is 2. The van der Waals surface area contributed by atoms with Crippen molar-refractivity contribution in [1.82, 2.24) is 9.97 Å². The third kappa shape index (κ3) is 5.03. The first-order valence-corrected chi connectivity index (χ1v) is 12.1. The van der Waals surface area contributed by atoms with Crippen molar-refractivity contribution < 1.29 is 17.9 Å². The van der Waals surface area contributed by atoms with E-state index in [2.05, 4.69) is 26.5 Å². The van der Waals surface area contributed by atoms with Gasteiger partial charge in [-0.3, -0.25) is 9.69 Å². The van der Waals surface area contributed by atoms with Crippen LogP contribution in [0.25, 0.3) is 0 Å². The monoisotopic (exact) mass is 492 g/mol. The number of nitrogens with one attached hydrogen (secondary N) is 2. The fourth-order valence-corrected chi connectivity index (χ4v) is 4.03. The number of hydrogen-bond acceptors (Lipinski definition) is 8. The minimum absolute atomic E-state index is 0.00682. The van der Waals surface area contributed by atoms with Gasteiger partial charge in [-0.15, -0.1) is 6.42 Å². The van der Waals surface area contributed by atoms with E-state index in [0.717, 1.165) is 5.56 Å². The molecule has 4 rings (SSSR count). The zero-order valence-electron chi connectivity index (χ0n) is 19.4. The van der Waals surface area contributed by atoms with E-state index >= 15 is 0 Å². The van der Waals surface area contributed by atoms with Crippen LogP contribution in [0.1, 0.15) is 19.4 Å². The molecule has 1 aromatic heterocycles. The summed E-state index contributed by atoms with van der Waals surface area (Å²) in [6.07, 6.45) is 7.15. The van der Waals surface area contributed by atoms with Crippen molar-refractivity contribution in [2.75, 3.05) is 22.1 Å². The second-order valence-corrected chi connectivity index (χ2v) is 10.00. The Morgan fingerprint density at radius 2 is 1.83 bits per heavy atom. The van der Waals surface area contributed by atoms with Crippen molar-refractivity contribution in [3.8, 4) is 18.1 Å². The van der Waals surface area contributed by atoms with Gasteiger partial charge in [-0.25, -0.2) is 18.5 Å². The molecular formula is C24H24N6O4S. The van der Waals surface area contributed by atoms with E-state index in [9.17, 15) is 13.2 Å². The van der Waals surface area contributed by atoms with Crippen molar-refractivity contribution in [2.45, 2.75) is 31.3 Å². The van der Waals surface area contributed by atoms with Crippen molar-refractivity contribution in [3.05, 3.63) is 54.2 Å². The lowest BCUT2D eigenvalue weighted by atomic mass is 10.0. The fraction of sp³-hybridized carbons (Fsp3) is 0.208. The molecule has 10 nitrogen and oxygen atoms in total. The molecule has 0 saturated carbocycles. The van der Waals surface area contributed by atoms with Crippen LogP contribution >= 0.6 is 0 Å². The SMILES string of the molecule is C#CCN1C(=O)C(C)(C)Oc2ccc(Nc3nc(Nc4ccc(S(N)(=O)=O)cc4)ncc3C)cc21. The average molecular weight is 493 g/mol. The number of fused-ring (bicyclic) bond motifs is 1. The van der Waals surface area contributed by atoms with Gasteiger partial charge in [0.05, 0.1) is 17.1 Å². The summed E-state index contributed by atoms with van der Waals surface area (Å²) in [6, 6.07) is 11.3. The topological polar surface area (TPSA) is 140 Å². The van der Waals surface area contributed by atoms with Gasteiger partial charge in [-0.1, -0.05) is 5.92 Å². The Kier molecular flexibility index (Phi) is 6.10. The summed E-state index contributed by atoms with van der Waals surface area (Å²) in [4.78, 5) is 23.2. The first kappa shape index (κ1) is 24.0. The molecule has 0 unspecified atom stereocenters. The number of rotatable bonds is 6. The van der Waals surface area contributed by atoms with Gasteiger partial charge < -0.3 is 15.4 Å². The third-order valence-electron chi connectivity index (χ3n) is 5.30. The number of terminal acetylenes is 1. The van der Waals surface area contributed by atoms with Crippen molar-refractivity contribution >= 4 is 44.8 Å². The summed E-state index contributed by atoms with van der Waals surface area (Å²) in [5.74, 6) is 3.70. The quantitative estimate of drug-likeness (QED) is 0.446. The summed E-state index contributed by atoms with van der Waals surface area (Å²) in [5, 5.41) is 11.4. The Bertz CT molecular complexity index is 1450. The van der Waals surface area contributed by atoms with Gasteiger partial charge in [-0.2, -0.15) is 4.98 Å². The van der Waals surface area contributed by atoms with Crippen molar-refractivity contribution in [2.24, 2.45) is 5.14 Å². The van der Waals surface area contributed by atoms with Crippen LogP contribution in [0.4, 0.5) is 28.8 Å². The first-order valence-electron chi connectivity index (χ1n) is 10.6. The molecule has 11 heteroatoms. The molecule has 2 heterocycles. The zero-order valence-corrected chi connectivity index (χ0v) is 20.2. The lowest BCUT2D eigenvalue weighted by Crippen LogP contribution is -2.52. The Balaban J connectivity index is 1.59. The van der Waals surface area contributed by atoms with Gasteiger partial charge in [0.25, 0.3) is 5.91 Å². The molecule has 1 aliphatic rings. The van der Waals surface area contributed by atoms with Crippen LogP contribution in [-0.2, 0) is 14.8 Å². The Morgan fingerprint density at radius 1 is 1.14 bits per heavy atom. The summed E-state index contributed by atoms with van der Waals surface area (Å²) >= 11 is 0. The van der Waals surface area contributed by atoms with E-state index in [0.29, 0.717) is 34.6 Å². The summed E-state index contributed by atoms with van der Waals surface area (Å²) in [7, 11) is -3.78. The molecule has 0 saturated heterocycles. The van der Waals surface area contributed by atoms with E-state index in [1.807, 2.05) is 13.0 Å². The van der Waals surface area contributed by atoms with Gasteiger partial charge in [-0.05, 0) is 63.2 Å². The number of nitrogens with zero attached hydrogens (tertiary/aromatic N) is 3. The number of carbonyl (C=O) groups is 1. The largest absolute Gasteiger partial charge is 0.476 e. The minimum atomic E-state index is -3.78. The van der Waals surface area contributed by atoms with Crippen LogP contribution in [0, 0.1) is 19.3 Å². The third-order valence-corrected chi connectivity index (χ3v) is 6.23. The van der Waals surface area contributed by atoms with Gasteiger partial charge in [0.1, 0.15) is 11.6 Å². The molecule has 4 N–H and O–H groups in total. The molecule has 3 aromatic rings. The predicted molar refractivity (Wildman–Crippen MR) is 133 cm³/mol. The number of aryl methyl sites for hydroxylation is 1. The van der Waals surface area contributed by atoms with Crippen molar-refractivity contribution in [3.63, 3.8) is 0 Å². The smallest absolute Gasteiger partial charge is 0.271 e. The maximum atomic E-state index is 12.8. The second-order valence-electron chi connectivity index (χ2n) is 8.43. The zero-order chi connectivity index (χ0) is 25.4. The van der Waals surface area contributed by atoms with Crippen LogP contribution in [0.5, 0.6) is 5.75 Å². The Hall–Kier alpha value is -4.14. The van der Waals surface area contributed by atoms with E-state index in [4.69, 9.17) is 16.3 Å². The Labute approximate surface area is 203 Å². The van der Waals surface area contributed by atoms with Gasteiger partial charge in [0, 0.05) is 23.1 Å². The number of sulfonamides is 1. The minimum Gasteiger partial charge on any atom is -0.476 e. The van der Waals surface area contributed by atoms with Crippen LogP contribution in [0.2, 0.25) is 0 Å². The second kappa shape index (κ2) is 8.90. The number of amides is 1. The number of anilines is 5. The highest BCUT2D eigenvalue weighted by Crippen LogP contribution is 2.40. The molecule has 35 heavy (non-hydrogen) atoms. The van der Waals surface area contributed by atoms with Gasteiger partial charge in [0.2, 0.25) is 16.0 Å². The van der Waals surface area contributed by atoms with E-state index < -0.39 is 15.6 Å². The highest BCUT2D eigenvalue weighted by molar-refractivity contribution is 7.89. The van der Waals surface area contributed by atoms with E-state index in [1.165, 1.54) is 17.0 Å². The Morgan fingerprint density at radius 3 is 2.49 bits per heavy atom. The normalized spacial score (nSPS) is 14.5. The van der Waals surface area contributed by atoms with Crippen molar-refractivity contribution in [1.29, 1.82) is 0 Å². The molecule has 180 valence electrons. The summed E-state index contributed by atoms with van der Waals surface area (Å²) in [5.41, 5.74) is 1.59. The molecule has 0 bridgehead atoms. The van der Waals surface area contributed by atoms with E-state index in [-0.39, 0.29) is 17.3 Å². The lowest BCUT2D eigenvalue weighted by molar-refractivity contribution is -0.132. The first-order chi connectivity index (χ1) is 16.5. The van der Waals surface area contributed by atoms with Gasteiger partial charge in [0.15, 0.2) is 5.60 Å².